The molecule has 0 bridgehead atoms. The second kappa shape index (κ2) is 8.41. The molecule has 7 nitrogen and oxygen atoms in total. The first-order valence-corrected chi connectivity index (χ1v) is 9.65. The third-order valence-electron chi connectivity index (χ3n) is 4.70. The van der Waals surface area contributed by atoms with Gasteiger partial charge in [0.1, 0.15) is 5.75 Å². The van der Waals surface area contributed by atoms with Gasteiger partial charge in [0.25, 0.3) is 0 Å². The van der Waals surface area contributed by atoms with Crippen molar-refractivity contribution in [1.29, 1.82) is 5.26 Å². The number of ether oxygens (including phenoxy) is 2. The largest absolute Gasteiger partial charge is 0.573 e. The van der Waals surface area contributed by atoms with E-state index in [1.165, 1.54) is 30.8 Å². The highest BCUT2D eigenvalue weighted by Gasteiger charge is 2.36. The van der Waals surface area contributed by atoms with Crippen molar-refractivity contribution in [2.75, 3.05) is 7.11 Å². The highest BCUT2D eigenvalue weighted by atomic mass is 35.5. The predicted octanol–water partition coefficient (Wildman–Crippen LogP) is 4.83. The maximum absolute atomic E-state index is 12.7. The first-order chi connectivity index (χ1) is 14.9. The van der Waals surface area contributed by atoms with E-state index in [0.717, 1.165) is 18.2 Å². The fourth-order valence-corrected chi connectivity index (χ4v) is 3.91. The molecule has 2 aromatic carbocycles. The number of hydrogen-bond donors (Lipinski definition) is 1. The van der Waals surface area contributed by atoms with Crippen LogP contribution in [0.4, 0.5) is 13.2 Å². The van der Waals surface area contributed by atoms with Crippen LogP contribution >= 0.6 is 23.2 Å². The van der Waals surface area contributed by atoms with Gasteiger partial charge in [-0.2, -0.15) is 10.4 Å². The fourth-order valence-electron chi connectivity index (χ4n) is 3.34. The number of methoxy groups -OCH3 is 1. The van der Waals surface area contributed by atoms with Crippen LogP contribution < -0.4 is 15.2 Å². The molecule has 3 aromatic rings. The van der Waals surface area contributed by atoms with Gasteiger partial charge in [0, 0.05) is 10.6 Å². The van der Waals surface area contributed by atoms with Crippen LogP contribution in [0.25, 0.3) is 10.9 Å². The van der Waals surface area contributed by atoms with Crippen molar-refractivity contribution in [1.82, 2.24) is 9.78 Å². The van der Waals surface area contributed by atoms with Gasteiger partial charge in [-0.1, -0.05) is 23.2 Å². The summed E-state index contributed by atoms with van der Waals surface area (Å²) in [5.41, 5.74) is 4.00. The molecular weight excluding hydrogens is 472 g/mol. The van der Waals surface area contributed by atoms with Crippen molar-refractivity contribution in [3.05, 3.63) is 51.5 Å². The van der Waals surface area contributed by atoms with Gasteiger partial charge in [-0.15, -0.1) is 13.2 Å². The monoisotopic (exact) mass is 486 g/mol. The Bertz CT molecular complexity index is 1250. The smallest absolute Gasteiger partial charge is 0.481 e. The van der Waals surface area contributed by atoms with Crippen LogP contribution in [0, 0.1) is 11.3 Å². The molecule has 0 aliphatic rings. The zero-order valence-electron chi connectivity index (χ0n) is 16.6. The van der Waals surface area contributed by atoms with E-state index in [4.69, 9.17) is 33.7 Å². The van der Waals surface area contributed by atoms with Crippen LogP contribution in [-0.2, 0) is 12.0 Å². The molecule has 1 heterocycles. The van der Waals surface area contributed by atoms with Gasteiger partial charge in [-0.25, -0.2) is 4.68 Å². The number of benzene rings is 2. The topological polar surface area (TPSA) is 103 Å². The van der Waals surface area contributed by atoms with Crippen molar-refractivity contribution < 1.29 is 27.4 Å². The maximum atomic E-state index is 12.7. The van der Waals surface area contributed by atoms with Crippen molar-refractivity contribution in [3.8, 4) is 17.7 Å². The van der Waals surface area contributed by atoms with Gasteiger partial charge in [0.15, 0.2) is 0 Å². The molecule has 1 unspecified atom stereocenters. The minimum Gasteiger partial charge on any atom is -0.481 e. The molecule has 12 heteroatoms. The quantitative estimate of drug-likeness (QED) is 0.537. The number of halogens is 5. The molecule has 0 aliphatic carbocycles. The Morgan fingerprint density at radius 2 is 1.97 bits per heavy atom. The molecule has 1 amide bonds. The Balaban J connectivity index is 2.17. The molecule has 3 rings (SSSR count). The zero-order valence-corrected chi connectivity index (χ0v) is 18.1. The van der Waals surface area contributed by atoms with E-state index >= 15 is 0 Å². The number of alkyl halides is 3. The number of amides is 1. The lowest BCUT2D eigenvalue weighted by atomic mass is 9.80. The Morgan fingerprint density at radius 1 is 1.28 bits per heavy atom. The summed E-state index contributed by atoms with van der Waals surface area (Å²) < 4.78 is 48.8. The molecule has 32 heavy (non-hydrogen) atoms. The van der Waals surface area contributed by atoms with E-state index in [1.54, 1.807) is 0 Å². The lowest BCUT2D eigenvalue weighted by Crippen LogP contribution is -2.31. The van der Waals surface area contributed by atoms with E-state index in [0.29, 0.717) is 15.9 Å². The summed E-state index contributed by atoms with van der Waals surface area (Å²) in [6.07, 6.45) is -4.96. The van der Waals surface area contributed by atoms with Crippen molar-refractivity contribution in [2.24, 2.45) is 5.73 Å². The Labute approximate surface area is 190 Å². The number of aromatic nitrogens is 2. The highest BCUT2D eigenvalue weighted by molar-refractivity contribution is 6.39. The summed E-state index contributed by atoms with van der Waals surface area (Å²) in [5, 5.41) is 15.4. The summed E-state index contributed by atoms with van der Waals surface area (Å²) in [6, 6.07) is 8.03. The van der Waals surface area contributed by atoms with Crippen LogP contribution in [0.2, 0.25) is 10.0 Å². The molecular formula is C20H15Cl2F3N4O3. The molecule has 0 fully saturated rings. The van der Waals surface area contributed by atoms with E-state index in [2.05, 4.69) is 9.84 Å². The van der Waals surface area contributed by atoms with Gasteiger partial charge in [0.2, 0.25) is 11.8 Å². The third-order valence-corrected chi connectivity index (χ3v) is 5.22. The second-order valence-electron chi connectivity index (χ2n) is 7.01. The minimum atomic E-state index is -4.96. The van der Waals surface area contributed by atoms with Crippen molar-refractivity contribution in [3.63, 3.8) is 0 Å². The number of primary amides is 1. The van der Waals surface area contributed by atoms with Gasteiger partial charge in [-0.3, -0.25) is 4.79 Å². The van der Waals surface area contributed by atoms with Crippen LogP contribution in [0.15, 0.2) is 30.3 Å². The van der Waals surface area contributed by atoms with Crippen molar-refractivity contribution in [2.45, 2.75) is 25.2 Å². The second-order valence-corrected chi connectivity index (χ2v) is 7.86. The van der Waals surface area contributed by atoms with Crippen LogP contribution in [0.1, 0.15) is 22.8 Å². The molecule has 1 aromatic heterocycles. The molecule has 1 atom stereocenters. The van der Waals surface area contributed by atoms with Gasteiger partial charge in [-0.05, 0) is 42.8 Å². The summed E-state index contributed by atoms with van der Waals surface area (Å²) >= 11 is 12.3. The van der Waals surface area contributed by atoms with E-state index < -0.39 is 23.4 Å². The highest BCUT2D eigenvalue weighted by Crippen LogP contribution is 2.38. The molecule has 2 N–H and O–H groups in total. The van der Waals surface area contributed by atoms with Gasteiger partial charge < -0.3 is 15.2 Å². The molecule has 0 aliphatic heterocycles. The van der Waals surface area contributed by atoms with E-state index in [-0.39, 0.29) is 28.6 Å². The minimum absolute atomic E-state index is 0.0695. The number of rotatable bonds is 6. The van der Waals surface area contributed by atoms with Crippen molar-refractivity contribution >= 4 is 40.0 Å². The average Bonchev–Trinajstić information content (AvgIpc) is 3.03. The normalized spacial score (nSPS) is 13.4. The molecule has 0 saturated carbocycles. The fraction of sp³-hybridized carbons (Fsp3) is 0.250. The summed E-state index contributed by atoms with van der Waals surface area (Å²) in [5.74, 6) is -1.33. The number of carbonyl (C=O) groups excluding carboxylic acids is 1. The molecule has 0 saturated heterocycles. The lowest BCUT2D eigenvalue weighted by molar-refractivity contribution is -0.274. The average molecular weight is 487 g/mol. The van der Waals surface area contributed by atoms with Crippen LogP contribution in [-0.4, -0.2) is 29.2 Å². The Morgan fingerprint density at radius 3 is 2.53 bits per heavy atom. The lowest BCUT2D eigenvalue weighted by Gasteiger charge is -2.25. The molecule has 0 spiro atoms. The summed E-state index contributed by atoms with van der Waals surface area (Å²) in [6.45, 7) is 1.21. The van der Waals surface area contributed by atoms with Gasteiger partial charge in [0.05, 0.1) is 41.1 Å². The van der Waals surface area contributed by atoms with Crippen LogP contribution in [0.3, 0.4) is 0 Å². The summed E-state index contributed by atoms with van der Waals surface area (Å²) in [4.78, 5) is 11.9. The van der Waals surface area contributed by atoms with Crippen LogP contribution in [0.5, 0.6) is 11.6 Å². The number of carbonyl (C=O) groups is 1. The standard InChI is InChI=1S/C20H15Cl2F3N4O3/c1-19(8-26,13-7-11(32-20(23,24)25)3-4-12(13)17(27)30)9-29-18(31-2)16-14(22)5-10(21)6-15(16)28-29/h3-7H,9H2,1-2H3,(H2,27,30). The maximum Gasteiger partial charge on any atom is 0.573 e. The van der Waals surface area contributed by atoms with E-state index in [1.807, 2.05) is 6.07 Å². The number of nitrogens with two attached hydrogens (primary N) is 1. The number of hydrogen-bond acceptors (Lipinski definition) is 5. The summed E-state index contributed by atoms with van der Waals surface area (Å²) in [7, 11) is 1.37. The molecule has 0 radical (unpaired) electrons. The first-order valence-electron chi connectivity index (χ1n) is 8.89. The predicted molar refractivity (Wildman–Crippen MR) is 111 cm³/mol. The molecule has 168 valence electrons. The van der Waals surface area contributed by atoms with E-state index in [9.17, 15) is 23.2 Å². The SMILES string of the molecule is COc1c2c(Cl)cc(Cl)cc2nn1CC(C)(C#N)c1cc(OC(F)(F)F)ccc1C(N)=O. The number of nitriles is 1. The Hall–Kier alpha value is -3.16. The van der Waals surface area contributed by atoms with Gasteiger partial charge >= 0.3 is 6.36 Å². The number of fused-ring (bicyclic) bond motifs is 1. The third kappa shape index (κ3) is 4.54. The number of nitrogens with zero attached hydrogens (tertiary/aromatic N) is 3. The Kier molecular flexibility index (Phi) is 6.18. The zero-order chi connectivity index (χ0) is 23.8. The first kappa shape index (κ1) is 23.5.